The van der Waals surface area contributed by atoms with Crippen LogP contribution in [0.5, 0.6) is 0 Å². The number of hydrogen-bond acceptors (Lipinski definition) is 1. The Morgan fingerprint density at radius 2 is 2.06 bits per heavy atom. The molecule has 0 N–H and O–H groups in total. The second-order valence-corrected chi connectivity index (χ2v) is 4.39. The van der Waals surface area contributed by atoms with Gasteiger partial charge >= 0.3 is 0 Å². The molecule has 5 heteroatoms. The van der Waals surface area contributed by atoms with E-state index in [0.29, 0.717) is 23.1 Å². The summed E-state index contributed by atoms with van der Waals surface area (Å²) in [6.45, 7) is 2.96. The molecule has 0 saturated heterocycles. The minimum atomic E-state index is -0.102. The lowest BCUT2D eigenvalue weighted by Crippen LogP contribution is -2.31. The fraction of sp³-hybridized carbons (Fsp3) is 0.364. The molecule has 2 nitrogen and oxygen atoms in total. The maximum Gasteiger partial charge on any atom is 0.237 e. The molecule has 16 heavy (non-hydrogen) atoms. The van der Waals surface area contributed by atoms with Crippen molar-refractivity contribution in [2.45, 2.75) is 13.5 Å². The normalized spacial score (nSPS) is 10.2. The lowest BCUT2D eigenvalue weighted by atomic mass is 10.2. The van der Waals surface area contributed by atoms with Gasteiger partial charge in [-0.05, 0) is 24.6 Å². The average molecular weight is 281 g/mol. The molecule has 0 unspecified atom stereocenters. The van der Waals surface area contributed by atoms with E-state index in [4.69, 9.17) is 34.8 Å². The number of amides is 1. The van der Waals surface area contributed by atoms with E-state index >= 15 is 0 Å². The van der Waals surface area contributed by atoms with E-state index in [1.807, 2.05) is 13.0 Å². The predicted molar refractivity (Wildman–Crippen MR) is 68.3 cm³/mol. The Hall–Kier alpha value is -0.440. The zero-order chi connectivity index (χ0) is 12.1. The maximum absolute atomic E-state index is 11.5. The van der Waals surface area contributed by atoms with Crippen LogP contribution in [0.25, 0.3) is 0 Å². The number of halogens is 3. The molecule has 1 amide bonds. The minimum absolute atomic E-state index is 0.0148. The monoisotopic (exact) mass is 279 g/mol. The number of nitrogens with zero attached hydrogens (tertiary/aromatic N) is 1. The third kappa shape index (κ3) is 3.55. The molecular weight excluding hydrogens is 268 g/mol. The van der Waals surface area contributed by atoms with Gasteiger partial charge in [-0.2, -0.15) is 0 Å². The summed E-state index contributed by atoms with van der Waals surface area (Å²) in [5, 5.41) is 1.15. The van der Waals surface area contributed by atoms with Crippen LogP contribution in [0.4, 0.5) is 0 Å². The van der Waals surface area contributed by atoms with Crippen molar-refractivity contribution in [2.75, 3.05) is 12.4 Å². The van der Waals surface area contributed by atoms with Crippen LogP contribution in [-0.4, -0.2) is 23.2 Å². The SMILES string of the molecule is CCN(Cc1ccc(Cl)cc1Cl)C(=O)CCl. The van der Waals surface area contributed by atoms with Crippen LogP contribution in [0.1, 0.15) is 12.5 Å². The summed E-state index contributed by atoms with van der Waals surface area (Å²) >= 11 is 17.3. The third-order valence-corrected chi connectivity index (χ3v) is 3.04. The molecule has 0 atom stereocenters. The molecule has 0 aromatic heterocycles. The van der Waals surface area contributed by atoms with Gasteiger partial charge in [0, 0.05) is 23.1 Å². The number of carbonyl (C=O) groups is 1. The Bertz CT molecular complexity index is 381. The first-order valence-electron chi connectivity index (χ1n) is 4.86. The highest BCUT2D eigenvalue weighted by atomic mass is 35.5. The smallest absolute Gasteiger partial charge is 0.237 e. The molecule has 0 heterocycles. The summed E-state index contributed by atoms with van der Waals surface area (Å²) in [4.78, 5) is 13.1. The Kier molecular flexibility index (Phi) is 5.39. The summed E-state index contributed by atoms with van der Waals surface area (Å²) in [5.74, 6) is -0.117. The molecule has 1 aromatic rings. The van der Waals surface area contributed by atoms with Gasteiger partial charge in [-0.3, -0.25) is 4.79 Å². The third-order valence-electron chi connectivity index (χ3n) is 2.23. The topological polar surface area (TPSA) is 20.3 Å². The molecule has 0 fully saturated rings. The van der Waals surface area contributed by atoms with Gasteiger partial charge in [-0.1, -0.05) is 29.3 Å². The van der Waals surface area contributed by atoms with Gasteiger partial charge in [0.2, 0.25) is 5.91 Å². The van der Waals surface area contributed by atoms with Crippen molar-refractivity contribution in [3.05, 3.63) is 33.8 Å². The van der Waals surface area contributed by atoms with E-state index in [-0.39, 0.29) is 11.8 Å². The molecular formula is C11H12Cl3NO. The first kappa shape index (κ1) is 13.6. The maximum atomic E-state index is 11.5. The Morgan fingerprint density at radius 3 is 2.56 bits per heavy atom. The summed E-state index contributed by atoms with van der Waals surface area (Å²) in [6.07, 6.45) is 0. The van der Waals surface area contributed by atoms with Crippen LogP contribution >= 0.6 is 34.8 Å². The summed E-state index contributed by atoms with van der Waals surface area (Å²) in [6, 6.07) is 5.23. The lowest BCUT2D eigenvalue weighted by Gasteiger charge is -2.20. The highest BCUT2D eigenvalue weighted by Gasteiger charge is 2.12. The van der Waals surface area contributed by atoms with E-state index in [1.165, 1.54) is 0 Å². The molecule has 0 aliphatic rings. The number of carbonyl (C=O) groups excluding carboxylic acids is 1. The van der Waals surface area contributed by atoms with Crippen molar-refractivity contribution in [1.82, 2.24) is 4.90 Å². The summed E-state index contributed by atoms with van der Waals surface area (Å²) in [7, 11) is 0. The van der Waals surface area contributed by atoms with Crippen molar-refractivity contribution in [1.29, 1.82) is 0 Å². The van der Waals surface area contributed by atoms with Crippen molar-refractivity contribution in [3.63, 3.8) is 0 Å². The molecule has 0 saturated carbocycles. The molecule has 0 aliphatic carbocycles. The first-order valence-corrected chi connectivity index (χ1v) is 6.15. The van der Waals surface area contributed by atoms with Crippen LogP contribution in [0.3, 0.4) is 0 Å². The number of rotatable bonds is 4. The van der Waals surface area contributed by atoms with E-state index in [2.05, 4.69) is 0 Å². The van der Waals surface area contributed by atoms with Crippen molar-refractivity contribution < 1.29 is 4.79 Å². The number of alkyl halides is 1. The van der Waals surface area contributed by atoms with Crippen molar-refractivity contribution in [2.24, 2.45) is 0 Å². The zero-order valence-electron chi connectivity index (χ0n) is 8.84. The molecule has 1 aromatic carbocycles. The minimum Gasteiger partial charge on any atom is -0.338 e. The van der Waals surface area contributed by atoms with Gasteiger partial charge in [0.1, 0.15) is 5.88 Å². The van der Waals surface area contributed by atoms with E-state index in [0.717, 1.165) is 5.56 Å². The van der Waals surface area contributed by atoms with Crippen LogP contribution in [-0.2, 0) is 11.3 Å². The summed E-state index contributed by atoms with van der Waals surface area (Å²) < 4.78 is 0. The van der Waals surface area contributed by atoms with Gasteiger partial charge in [-0.15, -0.1) is 11.6 Å². The van der Waals surface area contributed by atoms with Crippen LogP contribution in [0.2, 0.25) is 10.0 Å². The molecule has 88 valence electrons. The second kappa shape index (κ2) is 6.33. The fourth-order valence-corrected chi connectivity index (χ4v) is 1.95. The van der Waals surface area contributed by atoms with E-state index in [1.54, 1.807) is 17.0 Å². The zero-order valence-corrected chi connectivity index (χ0v) is 11.1. The lowest BCUT2D eigenvalue weighted by molar-refractivity contribution is -0.128. The van der Waals surface area contributed by atoms with E-state index < -0.39 is 0 Å². The quantitative estimate of drug-likeness (QED) is 0.772. The molecule has 0 radical (unpaired) electrons. The van der Waals surface area contributed by atoms with Crippen molar-refractivity contribution in [3.8, 4) is 0 Å². The molecule has 1 rings (SSSR count). The van der Waals surface area contributed by atoms with Crippen LogP contribution in [0, 0.1) is 0 Å². The van der Waals surface area contributed by atoms with Gasteiger partial charge in [0.15, 0.2) is 0 Å². The first-order chi connectivity index (χ1) is 7.58. The second-order valence-electron chi connectivity index (χ2n) is 3.28. The fourth-order valence-electron chi connectivity index (χ4n) is 1.32. The number of benzene rings is 1. The molecule has 0 aliphatic heterocycles. The van der Waals surface area contributed by atoms with E-state index in [9.17, 15) is 4.79 Å². The average Bonchev–Trinajstić information content (AvgIpc) is 2.27. The predicted octanol–water partition coefficient (Wildman–Crippen LogP) is 3.58. The molecule has 0 spiro atoms. The Labute approximate surface area is 110 Å². The Morgan fingerprint density at radius 1 is 1.38 bits per heavy atom. The standard InChI is InChI=1S/C11H12Cl3NO/c1-2-15(11(16)6-12)7-8-3-4-9(13)5-10(8)14/h3-5H,2,6-7H2,1H3. The van der Waals surface area contributed by atoms with Crippen molar-refractivity contribution >= 4 is 40.7 Å². The molecule has 0 bridgehead atoms. The van der Waals surface area contributed by atoms with Gasteiger partial charge in [0.05, 0.1) is 0 Å². The van der Waals surface area contributed by atoms with Crippen LogP contribution in [0.15, 0.2) is 18.2 Å². The van der Waals surface area contributed by atoms with Gasteiger partial charge < -0.3 is 4.90 Å². The highest BCUT2D eigenvalue weighted by molar-refractivity contribution is 6.35. The number of hydrogen-bond donors (Lipinski definition) is 0. The largest absolute Gasteiger partial charge is 0.338 e. The highest BCUT2D eigenvalue weighted by Crippen LogP contribution is 2.22. The summed E-state index contributed by atoms with van der Waals surface area (Å²) in [5.41, 5.74) is 0.867. The van der Waals surface area contributed by atoms with Crippen LogP contribution < -0.4 is 0 Å². The Balaban J connectivity index is 2.82. The van der Waals surface area contributed by atoms with Gasteiger partial charge in [-0.25, -0.2) is 0 Å². The van der Waals surface area contributed by atoms with Gasteiger partial charge in [0.25, 0.3) is 0 Å².